The van der Waals surface area contributed by atoms with Gasteiger partial charge in [0, 0.05) is 17.7 Å². The molecule has 0 radical (unpaired) electrons. The van der Waals surface area contributed by atoms with Gasteiger partial charge < -0.3 is 15.7 Å². The Morgan fingerprint density at radius 2 is 1.97 bits per heavy atom. The van der Waals surface area contributed by atoms with E-state index in [1.807, 2.05) is 0 Å². The van der Waals surface area contributed by atoms with Gasteiger partial charge in [-0.05, 0) is 30.5 Å². The predicted octanol–water partition coefficient (Wildman–Crippen LogP) is 3.76. The maximum atomic E-state index is 14.5. The average molecular weight is 416 g/mol. The SMILES string of the molecule is O=[N+]([O-])c1cc(F)c(Nc2cc(C3CC3)[nH]n2)nc1NC(CO)c1ccc(F)cc1. The number of aromatic nitrogens is 3. The Morgan fingerprint density at radius 1 is 1.23 bits per heavy atom. The molecule has 4 rings (SSSR count). The van der Waals surface area contributed by atoms with E-state index >= 15 is 0 Å². The lowest BCUT2D eigenvalue weighted by molar-refractivity contribution is -0.384. The van der Waals surface area contributed by atoms with Crippen molar-refractivity contribution in [3.05, 3.63) is 69.4 Å². The molecular formula is C19H18F2N6O3. The fourth-order valence-electron chi connectivity index (χ4n) is 3.03. The highest BCUT2D eigenvalue weighted by Crippen LogP contribution is 2.40. The predicted molar refractivity (Wildman–Crippen MR) is 105 cm³/mol. The van der Waals surface area contributed by atoms with Crippen molar-refractivity contribution in [2.75, 3.05) is 17.2 Å². The molecule has 3 aromatic rings. The van der Waals surface area contributed by atoms with Gasteiger partial charge in [0.25, 0.3) is 0 Å². The molecule has 2 aromatic heterocycles. The van der Waals surface area contributed by atoms with E-state index in [4.69, 9.17) is 0 Å². The second-order valence-electron chi connectivity index (χ2n) is 6.98. The summed E-state index contributed by atoms with van der Waals surface area (Å²) in [6, 6.07) is 6.93. The van der Waals surface area contributed by atoms with E-state index in [1.54, 1.807) is 6.07 Å². The molecule has 0 amide bonds. The number of H-pyrrole nitrogens is 1. The summed E-state index contributed by atoms with van der Waals surface area (Å²) in [4.78, 5) is 14.6. The van der Waals surface area contributed by atoms with Crippen LogP contribution in [0.3, 0.4) is 0 Å². The number of benzene rings is 1. The minimum Gasteiger partial charge on any atom is -0.394 e. The van der Waals surface area contributed by atoms with E-state index in [9.17, 15) is 24.0 Å². The van der Waals surface area contributed by atoms with Crippen LogP contribution in [0.15, 0.2) is 36.4 Å². The highest BCUT2D eigenvalue weighted by atomic mass is 19.1. The molecule has 11 heteroatoms. The number of nitrogens with zero attached hydrogens (tertiary/aromatic N) is 3. The minimum atomic E-state index is -0.925. The van der Waals surface area contributed by atoms with Gasteiger partial charge in [-0.1, -0.05) is 12.1 Å². The van der Waals surface area contributed by atoms with E-state index in [-0.39, 0.29) is 11.6 Å². The van der Waals surface area contributed by atoms with Crippen molar-refractivity contribution in [2.45, 2.75) is 24.8 Å². The molecule has 1 aliphatic carbocycles. The molecular weight excluding hydrogens is 398 g/mol. The third-order valence-corrected chi connectivity index (χ3v) is 4.78. The van der Waals surface area contributed by atoms with Crippen molar-refractivity contribution in [3.63, 3.8) is 0 Å². The van der Waals surface area contributed by atoms with Gasteiger partial charge in [-0.3, -0.25) is 15.2 Å². The van der Waals surface area contributed by atoms with Crippen LogP contribution in [0.5, 0.6) is 0 Å². The van der Waals surface area contributed by atoms with Crippen LogP contribution in [0.2, 0.25) is 0 Å². The van der Waals surface area contributed by atoms with Crippen LogP contribution in [0.1, 0.15) is 36.1 Å². The van der Waals surface area contributed by atoms with Crippen molar-refractivity contribution in [1.29, 1.82) is 0 Å². The van der Waals surface area contributed by atoms with Gasteiger partial charge in [0.1, 0.15) is 5.82 Å². The lowest BCUT2D eigenvalue weighted by Gasteiger charge is -2.18. The molecule has 156 valence electrons. The lowest BCUT2D eigenvalue weighted by atomic mass is 10.1. The number of pyridine rings is 1. The van der Waals surface area contributed by atoms with E-state index in [1.165, 1.54) is 24.3 Å². The number of hydrogen-bond acceptors (Lipinski definition) is 7. The standard InChI is InChI=1S/C19H18F2N6O3/c20-12-5-3-11(4-6-12)15(9-28)22-19-16(27(29)30)7-13(21)18(24-19)23-17-8-14(25-26-17)10-1-2-10/h3-8,10,15,28H,1-2,9H2,(H3,22,23,24,25,26). The summed E-state index contributed by atoms with van der Waals surface area (Å²) in [6.07, 6.45) is 2.12. The molecule has 1 atom stereocenters. The fraction of sp³-hybridized carbons (Fsp3) is 0.263. The Morgan fingerprint density at radius 3 is 2.60 bits per heavy atom. The topological polar surface area (TPSA) is 129 Å². The highest BCUT2D eigenvalue weighted by Gasteiger charge is 2.27. The second kappa shape index (κ2) is 8.03. The number of nitrogens with one attached hydrogen (secondary N) is 3. The van der Waals surface area contributed by atoms with Gasteiger partial charge in [-0.25, -0.2) is 13.8 Å². The molecule has 0 spiro atoms. The van der Waals surface area contributed by atoms with Crippen LogP contribution in [-0.4, -0.2) is 31.8 Å². The first-order valence-corrected chi connectivity index (χ1v) is 9.24. The van der Waals surface area contributed by atoms with Crippen molar-refractivity contribution in [2.24, 2.45) is 0 Å². The smallest absolute Gasteiger partial charge is 0.314 e. The van der Waals surface area contributed by atoms with Crippen LogP contribution >= 0.6 is 0 Å². The Labute approximate surface area is 169 Å². The first-order valence-electron chi connectivity index (χ1n) is 9.24. The molecule has 0 aliphatic heterocycles. The molecule has 30 heavy (non-hydrogen) atoms. The Kier molecular flexibility index (Phi) is 5.27. The number of anilines is 3. The first kappa shape index (κ1) is 19.7. The zero-order valence-electron chi connectivity index (χ0n) is 15.6. The van der Waals surface area contributed by atoms with E-state index in [0.29, 0.717) is 17.3 Å². The molecule has 2 heterocycles. The zero-order chi connectivity index (χ0) is 21.3. The summed E-state index contributed by atoms with van der Waals surface area (Å²) in [7, 11) is 0. The van der Waals surface area contributed by atoms with Gasteiger partial charge in [0.2, 0.25) is 5.82 Å². The number of nitro groups is 1. The lowest BCUT2D eigenvalue weighted by Crippen LogP contribution is -2.17. The molecule has 1 aromatic carbocycles. The van der Waals surface area contributed by atoms with Crippen molar-refractivity contribution >= 4 is 23.1 Å². The maximum absolute atomic E-state index is 14.5. The third kappa shape index (κ3) is 4.20. The minimum absolute atomic E-state index is 0.245. The quantitative estimate of drug-likeness (QED) is 0.325. The van der Waals surface area contributed by atoms with Crippen molar-refractivity contribution in [3.8, 4) is 0 Å². The monoisotopic (exact) mass is 416 g/mol. The van der Waals surface area contributed by atoms with Crippen molar-refractivity contribution < 1.29 is 18.8 Å². The van der Waals surface area contributed by atoms with Gasteiger partial charge in [-0.15, -0.1) is 0 Å². The van der Waals surface area contributed by atoms with Crippen molar-refractivity contribution in [1.82, 2.24) is 15.2 Å². The summed E-state index contributed by atoms with van der Waals surface area (Å²) < 4.78 is 27.6. The van der Waals surface area contributed by atoms with Crippen LogP contribution in [-0.2, 0) is 0 Å². The summed E-state index contributed by atoms with van der Waals surface area (Å²) in [5.74, 6) is -1.14. The number of hydrogen-bond donors (Lipinski definition) is 4. The van der Waals surface area contributed by atoms with Crippen LogP contribution in [0, 0.1) is 21.7 Å². The first-order chi connectivity index (χ1) is 14.4. The summed E-state index contributed by atoms with van der Waals surface area (Å²) in [5.41, 5.74) is 0.810. The second-order valence-corrected chi connectivity index (χ2v) is 6.98. The van der Waals surface area contributed by atoms with Gasteiger partial charge in [0.05, 0.1) is 23.6 Å². The maximum Gasteiger partial charge on any atom is 0.314 e. The number of aliphatic hydroxyl groups is 1. The molecule has 1 aliphatic rings. The van der Waals surface area contributed by atoms with Gasteiger partial charge in [0.15, 0.2) is 17.5 Å². The Bertz CT molecular complexity index is 1070. The Balaban J connectivity index is 1.63. The molecule has 0 saturated heterocycles. The molecule has 4 N–H and O–H groups in total. The number of aromatic amines is 1. The third-order valence-electron chi connectivity index (χ3n) is 4.78. The van der Waals surface area contributed by atoms with Gasteiger partial charge >= 0.3 is 5.69 Å². The summed E-state index contributed by atoms with van der Waals surface area (Å²) in [5, 5.41) is 33.5. The largest absolute Gasteiger partial charge is 0.394 e. The number of halogens is 2. The van der Waals surface area contributed by atoms with Gasteiger partial charge in [-0.2, -0.15) is 5.10 Å². The van der Waals surface area contributed by atoms with E-state index in [0.717, 1.165) is 24.6 Å². The average Bonchev–Trinajstić information content (AvgIpc) is 3.47. The summed E-state index contributed by atoms with van der Waals surface area (Å²) >= 11 is 0. The summed E-state index contributed by atoms with van der Waals surface area (Å²) in [6.45, 7) is -0.450. The normalized spacial score (nSPS) is 14.4. The molecule has 0 bridgehead atoms. The molecule has 1 saturated carbocycles. The number of rotatable bonds is 8. The fourth-order valence-corrected chi connectivity index (χ4v) is 3.03. The van der Waals surface area contributed by atoms with E-state index < -0.39 is 34.9 Å². The molecule has 1 fully saturated rings. The van der Waals surface area contributed by atoms with Crippen LogP contribution in [0.4, 0.5) is 31.9 Å². The Hall–Kier alpha value is -3.60. The molecule has 1 unspecified atom stereocenters. The van der Waals surface area contributed by atoms with Crippen LogP contribution < -0.4 is 10.6 Å². The molecule has 9 nitrogen and oxygen atoms in total. The number of aliphatic hydroxyl groups excluding tert-OH is 1. The van der Waals surface area contributed by atoms with Crippen LogP contribution in [0.25, 0.3) is 0 Å². The highest BCUT2D eigenvalue weighted by molar-refractivity contribution is 5.64. The van der Waals surface area contributed by atoms with E-state index in [2.05, 4.69) is 25.8 Å². The zero-order valence-corrected chi connectivity index (χ0v) is 15.6.